The van der Waals surface area contributed by atoms with Crippen molar-refractivity contribution in [2.75, 3.05) is 21.3 Å². The third-order valence-corrected chi connectivity index (χ3v) is 11.1. The summed E-state index contributed by atoms with van der Waals surface area (Å²) in [7, 11) is 4.16. The van der Waals surface area contributed by atoms with Crippen molar-refractivity contribution in [3.05, 3.63) is 87.0 Å². The van der Waals surface area contributed by atoms with E-state index >= 15 is 0 Å². The second-order valence-electron chi connectivity index (χ2n) is 14.0. The van der Waals surface area contributed by atoms with Crippen LogP contribution in [-0.4, -0.2) is 75.4 Å². The predicted octanol–water partition coefficient (Wildman–Crippen LogP) is 6.70. The van der Waals surface area contributed by atoms with Gasteiger partial charge in [-0.1, -0.05) is 12.2 Å². The van der Waals surface area contributed by atoms with Gasteiger partial charge in [0.25, 0.3) is 0 Å². The van der Waals surface area contributed by atoms with Gasteiger partial charge >= 0.3 is 23.9 Å². The van der Waals surface area contributed by atoms with Crippen molar-refractivity contribution in [1.82, 2.24) is 19.9 Å². The van der Waals surface area contributed by atoms with Crippen molar-refractivity contribution in [3.63, 3.8) is 0 Å². The largest absolute Gasteiger partial charge is 0.481 e. The molecule has 2 aliphatic heterocycles. The third-order valence-electron chi connectivity index (χ3n) is 11.1. The normalized spacial score (nSPS) is 18.4. The number of aliphatic carboxylic acids is 2. The number of aromatic amines is 2. The molecule has 282 valence electrons. The van der Waals surface area contributed by atoms with Crippen LogP contribution in [0.4, 0.5) is 0 Å². The predicted molar refractivity (Wildman–Crippen MR) is 202 cm³/mol. The summed E-state index contributed by atoms with van der Waals surface area (Å²) >= 11 is 0. The number of allylic oxidation sites excluding steroid dienone is 5. The van der Waals surface area contributed by atoms with Gasteiger partial charge in [-0.2, -0.15) is 0 Å². The first-order chi connectivity index (χ1) is 25.6. The number of nitrogens with zero attached hydrogens (tertiary/aromatic N) is 2. The summed E-state index contributed by atoms with van der Waals surface area (Å²) in [4.78, 5) is 67.6. The van der Waals surface area contributed by atoms with E-state index in [1.54, 1.807) is 19.3 Å². The SMILES string of the molecule is COC(=O)C1=CC=C2c3cc4nc(cc5[nH]c(cc6[nH]c(cc(n3)C2(C)C1C(=O)OC)c(C(C)OC)c6C)c(C)c5CCC(=O)O)C(CCC(=O)O)=C4C. The number of carbonyl (C=O) groups is 4. The van der Waals surface area contributed by atoms with E-state index in [1.807, 2.05) is 58.9 Å². The first-order valence-corrected chi connectivity index (χ1v) is 17.6. The number of carboxylic acid groups (broad SMARTS) is 2. The van der Waals surface area contributed by atoms with Gasteiger partial charge < -0.3 is 34.4 Å². The van der Waals surface area contributed by atoms with Crippen LogP contribution in [0.3, 0.4) is 0 Å². The second kappa shape index (κ2) is 14.5. The van der Waals surface area contributed by atoms with Crippen molar-refractivity contribution in [2.45, 2.75) is 71.8 Å². The zero-order chi connectivity index (χ0) is 39.2. The number of carbonyl (C=O) groups excluding carboxylic acids is 2. The number of rotatable bonds is 10. The van der Waals surface area contributed by atoms with E-state index in [4.69, 9.17) is 24.2 Å². The van der Waals surface area contributed by atoms with Crippen molar-refractivity contribution in [3.8, 4) is 0 Å². The van der Waals surface area contributed by atoms with Crippen molar-refractivity contribution < 1.29 is 43.6 Å². The van der Waals surface area contributed by atoms with Crippen LogP contribution in [0.15, 0.2) is 42.0 Å². The van der Waals surface area contributed by atoms with Gasteiger partial charge in [0.1, 0.15) is 5.92 Å². The van der Waals surface area contributed by atoms with E-state index in [2.05, 4.69) is 9.97 Å². The van der Waals surface area contributed by atoms with Crippen LogP contribution in [0.5, 0.6) is 0 Å². The lowest BCUT2D eigenvalue weighted by molar-refractivity contribution is -0.149. The van der Waals surface area contributed by atoms with Crippen LogP contribution < -0.4 is 0 Å². The molecule has 1 aliphatic carbocycles. The number of nitrogens with one attached hydrogen (secondary N) is 2. The van der Waals surface area contributed by atoms with Gasteiger partial charge in [0, 0.05) is 47.6 Å². The number of methoxy groups -OCH3 is 3. The number of esters is 2. The van der Waals surface area contributed by atoms with Gasteiger partial charge in [-0.05, 0) is 105 Å². The second-order valence-corrected chi connectivity index (χ2v) is 14.0. The molecular weight excluding hydrogens is 692 g/mol. The van der Waals surface area contributed by atoms with Crippen molar-refractivity contribution in [1.29, 1.82) is 0 Å². The van der Waals surface area contributed by atoms with Crippen molar-refractivity contribution >= 4 is 62.7 Å². The molecule has 3 aromatic rings. The van der Waals surface area contributed by atoms with Crippen LogP contribution in [0.1, 0.15) is 91.2 Å². The van der Waals surface area contributed by atoms with E-state index in [9.17, 15) is 29.4 Å². The van der Waals surface area contributed by atoms with E-state index in [0.29, 0.717) is 39.4 Å². The highest BCUT2D eigenvalue weighted by atomic mass is 16.5. The van der Waals surface area contributed by atoms with Gasteiger partial charge in [-0.25, -0.2) is 9.78 Å². The molecule has 0 saturated carbocycles. The maximum absolute atomic E-state index is 13.7. The number of ether oxygens (including phenoxy) is 3. The molecule has 54 heavy (non-hydrogen) atoms. The first-order valence-electron chi connectivity index (χ1n) is 17.6. The highest BCUT2D eigenvalue weighted by Crippen LogP contribution is 2.52. The fourth-order valence-electron chi connectivity index (χ4n) is 7.96. The minimum atomic E-state index is -1.20. The lowest BCUT2D eigenvalue weighted by Gasteiger charge is -2.36. The quantitative estimate of drug-likeness (QED) is 0.162. The van der Waals surface area contributed by atoms with E-state index < -0.39 is 35.2 Å². The topological polar surface area (TPSA) is 194 Å². The fourth-order valence-corrected chi connectivity index (χ4v) is 7.96. The van der Waals surface area contributed by atoms with Crippen LogP contribution in [-0.2, 0) is 45.2 Å². The zero-order valence-electron chi connectivity index (χ0n) is 31.6. The number of fused-ring (bicyclic) bond motifs is 11. The summed E-state index contributed by atoms with van der Waals surface area (Å²) in [6.45, 7) is 9.58. The van der Waals surface area contributed by atoms with Gasteiger partial charge in [0.2, 0.25) is 0 Å². The van der Waals surface area contributed by atoms with E-state index in [1.165, 1.54) is 14.2 Å². The number of carboxylic acids is 2. The van der Waals surface area contributed by atoms with Crippen LogP contribution in [0.2, 0.25) is 0 Å². The molecule has 0 fully saturated rings. The maximum atomic E-state index is 13.7. The maximum Gasteiger partial charge on any atom is 0.334 e. The van der Waals surface area contributed by atoms with Crippen molar-refractivity contribution in [2.24, 2.45) is 5.92 Å². The molecule has 0 aromatic carbocycles. The summed E-state index contributed by atoms with van der Waals surface area (Å²) in [6, 6.07) is 7.50. The molecule has 3 atom stereocenters. The third kappa shape index (κ3) is 6.42. The standard InChI is InChI=1S/C41H44N4O9/c1-19-23(10-13-35(46)47)30-17-31-24(11-14-36(48)49)20(2)28(43-31)16-32-26-12-9-25(39(50)53-7)38(40(51)54-8)41(26,5)34(45-32)18-33-37(22(4)52-6)21(3)29(44-33)15-27(19)42-30/h9,12,15-18,22,38,42,44H,10-11,13-14H2,1-8H3,(H,46,47)(H,48,49). The van der Waals surface area contributed by atoms with E-state index in [0.717, 1.165) is 44.4 Å². The molecule has 3 aromatic heterocycles. The molecule has 5 heterocycles. The summed E-state index contributed by atoms with van der Waals surface area (Å²) in [5.74, 6) is -4.30. The number of hydrogen-bond acceptors (Lipinski definition) is 9. The summed E-state index contributed by atoms with van der Waals surface area (Å²) in [5.41, 5.74) is 9.42. The molecule has 13 heteroatoms. The summed E-state index contributed by atoms with van der Waals surface area (Å²) in [5, 5.41) is 19.3. The Morgan fingerprint density at radius 3 is 2.11 bits per heavy atom. The number of aromatic nitrogens is 4. The Kier molecular flexibility index (Phi) is 10.2. The number of hydrogen-bond donors (Lipinski definition) is 4. The fraction of sp³-hybridized carbons (Fsp3) is 0.366. The number of aryl methyl sites for hydroxylation is 3. The van der Waals surface area contributed by atoms with Crippen LogP contribution in [0.25, 0.3) is 38.8 Å². The Morgan fingerprint density at radius 2 is 1.46 bits per heavy atom. The molecule has 8 bridgehead atoms. The Balaban J connectivity index is 1.80. The molecule has 0 amide bonds. The van der Waals surface area contributed by atoms with Crippen LogP contribution >= 0.6 is 0 Å². The molecule has 3 aliphatic rings. The van der Waals surface area contributed by atoms with Gasteiger partial charge in [0.05, 0.1) is 54.1 Å². The molecule has 13 nitrogen and oxygen atoms in total. The summed E-state index contributed by atoms with van der Waals surface area (Å²) < 4.78 is 16.3. The highest BCUT2D eigenvalue weighted by Gasteiger charge is 2.53. The monoisotopic (exact) mass is 736 g/mol. The molecule has 3 unspecified atom stereocenters. The highest BCUT2D eigenvalue weighted by molar-refractivity contribution is 6.02. The molecule has 0 saturated heterocycles. The average molecular weight is 737 g/mol. The lowest BCUT2D eigenvalue weighted by atomic mass is 9.64. The molecule has 0 radical (unpaired) electrons. The minimum absolute atomic E-state index is 0.0848. The Hall–Kier alpha value is -5.82. The van der Waals surface area contributed by atoms with Crippen LogP contribution in [0, 0.1) is 19.8 Å². The van der Waals surface area contributed by atoms with E-state index in [-0.39, 0.29) is 37.4 Å². The average Bonchev–Trinajstić information content (AvgIpc) is 3.79. The first kappa shape index (κ1) is 37.9. The van der Waals surface area contributed by atoms with Gasteiger partial charge in [0.15, 0.2) is 0 Å². The molecule has 4 N–H and O–H groups in total. The molecular formula is C41H44N4O9. The Morgan fingerprint density at radius 1 is 0.796 bits per heavy atom. The number of H-pyrrole nitrogens is 2. The smallest absolute Gasteiger partial charge is 0.334 e. The lowest BCUT2D eigenvalue weighted by Crippen LogP contribution is -2.42. The Bertz CT molecular complexity index is 2380. The molecule has 0 spiro atoms. The minimum Gasteiger partial charge on any atom is -0.481 e. The summed E-state index contributed by atoms with van der Waals surface area (Å²) in [6.07, 6.45) is 3.23. The zero-order valence-corrected chi connectivity index (χ0v) is 31.6. The van der Waals surface area contributed by atoms with Gasteiger partial charge in [-0.15, -0.1) is 0 Å². The molecule has 6 rings (SSSR count). The van der Waals surface area contributed by atoms with Gasteiger partial charge in [-0.3, -0.25) is 19.4 Å². The Labute approximate surface area is 311 Å².